The van der Waals surface area contributed by atoms with E-state index in [9.17, 15) is 14.4 Å². The molecule has 0 bridgehead atoms. The van der Waals surface area contributed by atoms with Crippen molar-refractivity contribution < 1.29 is 19.1 Å². The minimum atomic E-state index is -0.939. The number of nitrogens with one attached hydrogen (secondary N) is 2. The van der Waals surface area contributed by atoms with Crippen molar-refractivity contribution in [3.8, 4) is 5.75 Å². The van der Waals surface area contributed by atoms with Crippen LogP contribution in [0.4, 0.5) is 11.4 Å². The van der Waals surface area contributed by atoms with Gasteiger partial charge in [-0.05, 0) is 28.5 Å². The lowest BCUT2D eigenvalue weighted by molar-refractivity contribution is -0.120. The Hall–Kier alpha value is -4.28. The first kappa shape index (κ1) is 21.9. The number of hydrogen-bond acceptors (Lipinski definition) is 7. The molecule has 2 N–H and O–H groups in total. The molecule has 0 spiro atoms. The van der Waals surface area contributed by atoms with Crippen molar-refractivity contribution >= 4 is 29.1 Å². The zero-order chi connectivity index (χ0) is 22.2. The Balaban J connectivity index is 0.00000259. The van der Waals surface area contributed by atoms with Gasteiger partial charge in [0.25, 0.3) is 17.6 Å². The number of fused-ring (bicyclic) bond motifs is 2. The lowest BCUT2D eigenvalue weighted by Gasteiger charge is -2.20. The number of aromatic nitrogens is 4. The van der Waals surface area contributed by atoms with Gasteiger partial charge in [0.2, 0.25) is 5.91 Å². The van der Waals surface area contributed by atoms with Crippen LogP contribution in [0.25, 0.3) is 0 Å². The molecule has 5 rings (SSSR count). The molecular formula is C22H23N7O4. The summed E-state index contributed by atoms with van der Waals surface area (Å²) < 4.78 is 5.81. The first-order valence-corrected chi connectivity index (χ1v) is 9.97. The highest BCUT2D eigenvalue weighted by Gasteiger charge is 2.33. The Morgan fingerprint density at radius 2 is 2.03 bits per heavy atom. The summed E-state index contributed by atoms with van der Waals surface area (Å²) in [5.41, 5.74) is 2.93. The summed E-state index contributed by atoms with van der Waals surface area (Å²) in [7, 11) is 1.59. The van der Waals surface area contributed by atoms with Crippen molar-refractivity contribution in [3.05, 3.63) is 59.4 Å². The van der Waals surface area contributed by atoms with Crippen molar-refractivity contribution in [3.63, 3.8) is 0 Å². The summed E-state index contributed by atoms with van der Waals surface area (Å²) in [6.07, 6.45) is 0.258. The number of benzene rings is 2. The van der Waals surface area contributed by atoms with E-state index in [1.54, 1.807) is 19.2 Å². The molecule has 11 nitrogen and oxygen atoms in total. The molecule has 0 saturated carbocycles. The van der Waals surface area contributed by atoms with Crippen LogP contribution in [0, 0.1) is 0 Å². The van der Waals surface area contributed by atoms with Gasteiger partial charge in [0.15, 0.2) is 0 Å². The number of tetrazole rings is 1. The molecule has 3 aromatic rings. The number of likely N-dealkylation sites (N-methyl/N-ethyl adjacent to an activating group) is 1. The van der Waals surface area contributed by atoms with Gasteiger partial charge in [0.05, 0.1) is 18.7 Å². The largest absolute Gasteiger partial charge is 0.489 e. The average molecular weight is 449 g/mol. The van der Waals surface area contributed by atoms with Crippen LogP contribution in [0.5, 0.6) is 5.75 Å². The van der Waals surface area contributed by atoms with Gasteiger partial charge in [0.1, 0.15) is 18.4 Å². The number of carbonyl (C=O) groups is 3. The number of nitrogens with zero attached hydrogens (tertiary/aromatic N) is 5. The van der Waals surface area contributed by atoms with Crippen molar-refractivity contribution in [2.45, 2.75) is 26.4 Å². The van der Waals surface area contributed by atoms with Crippen molar-refractivity contribution in [1.82, 2.24) is 25.5 Å². The fraction of sp³-hybridized carbons (Fsp3) is 0.273. The number of rotatable bonds is 4. The van der Waals surface area contributed by atoms with Gasteiger partial charge in [-0.15, -0.1) is 10.2 Å². The van der Waals surface area contributed by atoms with Crippen LogP contribution in [-0.2, 0) is 22.6 Å². The maximum absolute atomic E-state index is 13.0. The molecule has 0 unspecified atom stereocenters. The van der Waals surface area contributed by atoms with E-state index >= 15 is 0 Å². The van der Waals surface area contributed by atoms with E-state index in [0.717, 1.165) is 11.1 Å². The number of ether oxygens (including phenoxy) is 1. The molecule has 33 heavy (non-hydrogen) atoms. The highest BCUT2D eigenvalue weighted by molar-refractivity contribution is 6.05. The third-order valence-electron chi connectivity index (χ3n) is 5.33. The van der Waals surface area contributed by atoms with Gasteiger partial charge < -0.3 is 20.3 Å². The molecule has 1 atom stereocenters. The van der Waals surface area contributed by atoms with Gasteiger partial charge in [-0.1, -0.05) is 37.8 Å². The smallest absolute Gasteiger partial charge is 0.293 e. The Labute approximate surface area is 189 Å². The van der Waals surface area contributed by atoms with Gasteiger partial charge in [-0.2, -0.15) is 4.80 Å². The van der Waals surface area contributed by atoms with Crippen molar-refractivity contribution in [1.29, 1.82) is 0 Å². The van der Waals surface area contributed by atoms with E-state index in [2.05, 4.69) is 26.0 Å². The Kier molecular flexibility index (Phi) is 5.78. The molecule has 3 heterocycles. The molecule has 2 aromatic carbocycles. The molecule has 0 saturated heterocycles. The third-order valence-corrected chi connectivity index (χ3v) is 5.33. The molecule has 170 valence electrons. The quantitative estimate of drug-likeness (QED) is 0.608. The van der Waals surface area contributed by atoms with Gasteiger partial charge in [-0.3, -0.25) is 14.4 Å². The Morgan fingerprint density at radius 1 is 1.24 bits per heavy atom. The van der Waals surface area contributed by atoms with Gasteiger partial charge >= 0.3 is 0 Å². The van der Waals surface area contributed by atoms with E-state index in [4.69, 9.17) is 4.74 Å². The van der Waals surface area contributed by atoms with Crippen molar-refractivity contribution in [2.24, 2.45) is 0 Å². The second-order valence-corrected chi connectivity index (χ2v) is 7.57. The average Bonchev–Trinajstić information content (AvgIpc) is 3.38. The summed E-state index contributed by atoms with van der Waals surface area (Å²) in [4.78, 5) is 40.0. The normalized spacial score (nSPS) is 16.6. The molecule has 11 heteroatoms. The van der Waals surface area contributed by atoms with Crippen LogP contribution in [0.15, 0.2) is 42.5 Å². The van der Waals surface area contributed by atoms with E-state index < -0.39 is 11.9 Å². The molecular weight excluding hydrogens is 426 g/mol. The number of hydrogen-bond donors (Lipinski definition) is 2. The minimum absolute atomic E-state index is 0. The first-order valence-electron chi connectivity index (χ1n) is 9.97. The van der Waals surface area contributed by atoms with E-state index in [0.29, 0.717) is 23.7 Å². The highest BCUT2D eigenvalue weighted by atomic mass is 16.5. The van der Waals surface area contributed by atoms with E-state index in [1.807, 2.05) is 30.3 Å². The number of amides is 3. The topological polar surface area (TPSA) is 131 Å². The fourth-order valence-corrected chi connectivity index (χ4v) is 3.69. The lowest BCUT2D eigenvalue weighted by Crippen LogP contribution is -2.49. The second-order valence-electron chi connectivity index (χ2n) is 7.57. The molecule has 1 aromatic heterocycles. The minimum Gasteiger partial charge on any atom is -0.489 e. The van der Waals surface area contributed by atoms with Gasteiger partial charge in [0, 0.05) is 12.7 Å². The molecule has 2 aliphatic heterocycles. The zero-order valence-corrected chi connectivity index (χ0v) is 17.1. The van der Waals surface area contributed by atoms with Crippen LogP contribution in [0.2, 0.25) is 0 Å². The maximum atomic E-state index is 13.0. The Morgan fingerprint density at radius 3 is 2.82 bits per heavy atom. The maximum Gasteiger partial charge on any atom is 0.293 e. The molecule has 0 aliphatic carbocycles. The SMILES string of the molecule is C.CN1C(=O)[C@@H](NC(=O)c2nnn(Cc3ccccc3)n2)COc2cc3c(cc21)NC(=O)C3. The predicted octanol–water partition coefficient (Wildman–Crippen LogP) is 1.01. The van der Waals surface area contributed by atoms with Crippen LogP contribution in [-0.4, -0.2) is 57.6 Å². The number of carbonyl (C=O) groups excluding carboxylic acids is 3. The third kappa shape index (κ3) is 4.25. The molecule has 3 amide bonds. The number of anilines is 2. The summed E-state index contributed by atoms with van der Waals surface area (Å²) in [6, 6.07) is 12.0. The second kappa shape index (κ2) is 8.69. The summed E-state index contributed by atoms with van der Waals surface area (Å²) in [5, 5.41) is 17.2. The Bertz CT molecular complexity index is 1220. The van der Waals surface area contributed by atoms with E-state index in [-0.39, 0.29) is 38.1 Å². The molecule has 2 aliphatic rings. The highest BCUT2D eigenvalue weighted by Crippen LogP contribution is 2.38. The first-order chi connectivity index (χ1) is 15.5. The zero-order valence-electron chi connectivity index (χ0n) is 17.1. The summed E-state index contributed by atoms with van der Waals surface area (Å²) in [6.45, 7) is 0.298. The molecule has 0 radical (unpaired) electrons. The van der Waals surface area contributed by atoms with Crippen molar-refractivity contribution in [2.75, 3.05) is 23.9 Å². The monoisotopic (exact) mass is 449 g/mol. The molecule has 0 fully saturated rings. The van der Waals surface area contributed by atoms with E-state index in [1.165, 1.54) is 9.70 Å². The van der Waals surface area contributed by atoms with Crippen LogP contribution in [0.3, 0.4) is 0 Å². The van der Waals surface area contributed by atoms with Gasteiger partial charge in [-0.25, -0.2) is 0 Å². The fourth-order valence-electron chi connectivity index (χ4n) is 3.69. The summed E-state index contributed by atoms with van der Waals surface area (Å²) in [5.74, 6) is -0.759. The van der Waals surface area contributed by atoms with Crippen LogP contribution in [0.1, 0.15) is 29.2 Å². The lowest BCUT2D eigenvalue weighted by atomic mass is 10.1. The van der Waals surface area contributed by atoms with Crippen LogP contribution < -0.4 is 20.3 Å². The predicted molar refractivity (Wildman–Crippen MR) is 119 cm³/mol. The standard InChI is InChI=1S/C21H19N7O4.CH4/c1-27-16-9-14-13(8-18(29)22-14)7-17(16)32-11-15(21(27)31)23-20(30)19-24-26-28(25-19)10-12-5-3-2-4-6-12;/h2-7,9,15H,8,10-11H2,1H3,(H,22,29)(H,23,30);1H4/t15-;/m0./s1. The van der Waals surface area contributed by atoms with Crippen LogP contribution >= 0.6 is 0 Å². The summed E-state index contributed by atoms with van der Waals surface area (Å²) >= 11 is 0.